The zero-order valence-electron chi connectivity index (χ0n) is 15.7. The number of carbonyl (C=O) groups is 1. The number of carbonyl (C=O) groups excluding carboxylic acids is 3. The van der Waals surface area contributed by atoms with E-state index < -0.39 is 0 Å². The molecule has 6 nitrogen and oxygen atoms in total. The number of nitrogens with one attached hydrogen (secondary N) is 1. The number of hydrogen-bond donors (Lipinski definition) is 1. The SMILES string of the molecule is CC1=C(c2ccccc2)C=C2NC(c3ccc(C#N)cc3)=CC(=O)N2C1.O=C=O. The third-order valence-corrected chi connectivity index (χ3v) is 4.63. The fourth-order valence-electron chi connectivity index (χ4n) is 3.25. The molecule has 1 N–H and O–H groups in total. The van der Waals surface area contributed by atoms with Gasteiger partial charge in [0.05, 0.1) is 17.3 Å². The Labute approximate surface area is 168 Å². The maximum absolute atomic E-state index is 12.6. The van der Waals surface area contributed by atoms with Crippen molar-refractivity contribution in [2.24, 2.45) is 0 Å². The first-order chi connectivity index (χ1) is 14.1. The topological polar surface area (TPSA) is 90.3 Å². The zero-order chi connectivity index (χ0) is 20.8. The van der Waals surface area contributed by atoms with Gasteiger partial charge in [-0.15, -0.1) is 0 Å². The van der Waals surface area contributed by atoms with Crippen molar-refractivity contribution in [3.05, 3.63) is 94.8 Å². The van der Waals surface area contributed by atoms with Crippen molar-refractivity contribution < 1.29 is 14.4 Å². The molecule has 29 heavy (non-hydrogen) atoms. The van der Waals surface area contributed by atoms with Crippen molar-refractivity contribution in [2.75, 3.05) is 6.54 Å². The maximum atomic E-state index is 12.6. The molecule has 142 valence electrons. The van der Waals surface area contributed by atoms with Gasteiger partial charge in [0.1, 0.15) is 5.82 Å². The van der Waals surface area contributed by atoms with Gasteiger partial charge in [0, 0.05) is 12.6 Å². The molecule has 2 aromatic carbocycles. The first kappa shape index (κ1) is 19.6. The Bertz CT molecular complexity index is 1100. The Hall–Kier alpha value is -4.20. The summed E-state index contributed by atoms with van der Waals surface area (Å²) in [6, 6.07) is 19.5. The smallest absolute Gasteiger partial charge is 0.341 e. The third-order valence-electron chi connectivity index (χ3n) is 4.63. The van der Waals surface area contributed by atoms with Crippen LogP contribution in [0.3, 0.4) is 0 Å². The van der Waals surface area contributed by atoms with Crippen LogP contribution in [0.5, 0.6) is 0 Å². The van der Waals surface area contributed by atoms with Gasteiger partial charge in [-0.2, -0.15) is 14.9 Å². The first-order valence-electron chi connectivity index (χ1n) is 8.84. The van der Waals surface area contributed by atoms with Crippen LogP contribution in [0, 0.1) is 11.3 Å². The Morgan fingerprint density at radius 3 is 2.24 bits per heavy atom. The minimum absolute atomic E-state index is 0.0409. The Kier molecular flexibility index (Phi) is 5.84. The highest BCUT2D eigenvalue weighted by Gasteiger charge is 2.28. The molecule has 0 atom stereocenters. The highest BCUT2D eigenvalue weighted by molar-refractivity contribution is 5.99. The largest absolute Gasteiger partial charge is 0.373 e. The van der Waals surface area contributed by atoms with Gasteiger partial charge in [-0.1, -0.05) is 42.5 Å². The Balaban J connectivity index is 0.000000755. The van der Waals surface area contributed by atoms with E-state index in [1.54, 1.807) is 23.1 Å². The van der Waals surface area contributed by atoms with Gasteiger partial charge in [-0.3, -0.25) is 9.69 Å². The minimum atomic E-state index is -0.0409. The van der Waals surface area contributed by atoms with Crippen molar-refractivity contribution in [1.82, 2.24) is 10.2 Å². The normalized spacial score (nSPS) is 14.9. The molecule has 0 fully saturated rings. The van der Waals surface area contributed by atoms with Crippen LogP contribution in [0.2, 0.25) is 0 Å². The summed E-state index contributed by atoms with van der Waals surface area (Å²) in [6.07, 6.45) is 3.89. The zero-order valence-corrected chi connectivity index (χ0v) is 15.7. The van der Waals surface area contributed by atoms with Crippen LogP contribution < -0.4 is 5.32 Å². The van der Waals surface area contributed by atoms with Crippen molar-refractivity contribution >= 4 is 23.3 Å². The molecule has 0 aliphatic carbocycles. The Morgan fingerprint density at radius 1 is 0.966 bits per heavy atom. The third kappa shape index (κ3) is 4.22. The van der Waals surface area contributed by atoms with Crippen molar-refractivity contribution in [3.8, 4) is 6.07 Å². The van der Waals surface area contributed by atoms with E-state index in [9.17, 15) is 4.79 Å². The van der Waals surface area contributed by atoms with Crippen LogP contribution in [-0.4, -0.2) is 23.5 Å². The molecular formula is C23H17N3O3. The van der Waals surface area contributed by atoms with Crippen LogP contribution in [0.1, 0.15) is 23.6 Å². The number of hydrogen-bond acceptors (Lipinski definition) is 5. The molecule has 1 amide bonds. The maximum Gasteiger partial charge on any atom is 0.373 e. The second kappa shape index (κ2) is 8.66. The van der Waals surface area contributed by atoms with Crippen molar-refractivity contribution in [3.63, 3.8) is 0 Å². The van der Waals surface area contributed by atoms with Gasteiger partial charge in [0.25, 0.3) is 5.91 Å². The minimum Gasteiger partial charge on any atom is -0.341 e. The van der Waals surface area contributed by atoms with Gasteiger partial charge in [-0.05, 0) is 47.4 Å². The molecule has 0 saturated heterocycles. The summed E-state index contributed by atoms with van der Waals surface area (Å²) < 4.78 is 0. The fourth-order valence-corrected chi connectivity index (χ4v) is 3.25. The fraction of sp³-hybridized carbons (Fsp3) is 0.0870. The molecule has 0 aromatic heterocycles. The molecule has 6 heteroatoms. The average Bonchev–Trinajstić information content (AvgIpc) is 2.75. The number of allylic oxidation sites excluding steroid dienone is 2. The summed E-state index contributed by atoms with van der Waals surface area (Å²) in [5.74, 6) is 0.738. The van der Waals surface area contributed by atoms with Gasteiger partial charge in [0.2, 0.25) is 0 Å². The van der Waals surface area contributed by atoms with E-state index in [2.05, 4.69) is 30.4 Å². The second-order valence-corrected chi connectivity index (χ2v) is 6.47. The molecule has 0 radical (unpaired) electrons. The molecule has 2 aromatic rings. The lowest BCUT2D eigenvalue weighted by Gasteiger charge is -2.34. The predicted octanol–water partition coefficient (Wildman–Crippen LogP) is 3.08. The van der Waals surface area contributed by atoms with E-state index in [-0.39, 0.29) is 12.1 Å². The molecular weight excluding hydrogens is 366 g/mol. The number of benzene rings is 2. The lowest BCUT2D eigenvalue weighted by atomic mass is 9.96. The van der Waals surface area contributed by atoms with E-state index in [1.807, 2.05) is 36.4 Å². The second-order valence-electron chi connectivity index (χ2n) is 6.47. The number of rotatable bonds is 2. The highest BCUT2D eigenvalue weighted by atomic mass is 16.2. The van der Waals surface area contributed by atoms with Crippen molar-refractivity contribution in [2.45, 2.75) is 6.92 Å². The summed E-state index contributed by atoms with van der Waals surface area (Å²) in [5.41, 5.74) is 5.66. The van der Waals surface area contributed by atoms with E-state index in [0.717, 1.165) is 33.8 Å². The molecule has 0 saturated carbocycles. The number of amides is 1. The standard InChI is InChI=1S/C22H17N3O.CO2/c1-15-14-25-21(11-19(15)17-5-3-2-4-6-17)24-20(12-22(25)26)18-9-7-16(13-23)8-10-18;2-1-3/h2-12,24H,14H2,1H3;. The van der Waals surface area contributed by atoms with Crippen LogP contribution >= 0.6 is 0 Å². The summed E-state index contributed by atoms with van der Waals surface area (Å²) in [4.78, 5) is 30.6. The van der Waals surface area contributed by atoms with E-state index >= 15 is 0 Å². The molecule has 0 unspecified atom stereocenters. The van der Waals surface area contributed by atoms with Gasteiger partial charge in [0.15, 0.2) is 0 Å². The molecule has 2 heterocycles. The first-order valence-corrected chi connectivity index (χ1v) is 8.84. The van der Waals surface area contributed by atoms with Gasteiger partial charge >= 0.3 is 6.15 Å². The van der Waals surface area contributed by atoms with E-state index in [1.165, 1.54) is 0 Å². The lowest BCUT2D eigenvalue weighted by molar-refractivity contribution is -0.191. The summed E-state index contributed by atoms with van der Waals surface area (Å²) in [7, 11) is 0. The Morgan fingerprint density at radius 2 is 1.62 bits per heavy atom. The summed E-state index contributed by atoms with van der Waals surface area (Å²) >= 11 is 0. The van der Waals surface area contributed by atoms with Crippen LogP contribution in [-0.2, 0) is 14.4 Å². The highest BCUT2D eigenvalue weighted by Crippen LogP contribution is 2.31. The molecule has 0 bridgehead atoms. The number of fused-ring (bicyclic) bond motifs is 1. The number of nitriles is 1. The summed E-state index contributed by atoms with van der Waals surface area (Å²) in [5, 5.41) is 12.3. The van der Waals surface area contributed by atoms with E-state index in [0.29, 0.717) is 12.1 Å². The monoisotopic (exact) mass is 383 g/mol. The average molecular weight is 383 g/mol. The molecule has 0 spiro atoms. The van der Waals surface area contributed by atoms with Crippen LogP contribution in [0.25, 0.3) is 11.3 Å². The predicted molar refractivity (Wildman–Crippen MR) is 106 cm³/mol. The van der Waals surface area contributed by atoms with E-state index in [4.69, 9.17) is 14.9 Å². The lowest BCUT2D eigenvalue weighted by Crippen LogP contribution is -2.42. The molecule has 2 aliphatic heterocycles. The van der Waals surface area contributed by atoms with Crippen LogP contribution in [0.4, 0.5) is 0 Å². The van der Waals surface area contributed by atoms with Gasteiger partial charge in [-0.25, -0.2) is 0 Å². The molecule has 2 aliphatic rings. The number of nitrogens with zero attached hydrogens (tertiary/aromatic N) is 2. The van der Waals surface area contributed by atoms with Crippen molar-refractivity contribution in [1.29, 1.82) is 5.26 Å². The summed E-state index contributed by atoms with van der Waals surface area (Å²) in [6.45, 7) is 2.63. The quantitative estimate of drug-likeness (QED) is 0.861. The van der Waals surface area contributed by atoms with Crippen LogP contribution in [0.15, 0.2) is 78.1 Å². The molecule has 4 rings (SSSR count). The van der Waals surface area contributed by atoms with Gasteiger partial charge < -0.3 is 5.32 Å².